The first-order valence-electron chi connectivity index (χ1n) is 8.15. The van der Waals surface area contributed by atoms with Gasteiger partial charge in [0.15, 0.2) is 5.75 Å². The zero-order valence-electron chi connectivity index (χ0n) is 13.5. The Hall–Kier alpha value is -2.33. The normalized spacial score (nSPS) is 20.0. The quantitative estimate of drug-likeness (QED) is 0.809. The number of fused-ring (bicyclic) bond motifs is 2. The molecule has 2 aliphatic heterocycles. The summed E-state index contributed by atoms with van der Waals surface area (Å²) >= 11 is 0. The average molecular weight is 307 g/mol. The van der Waals surface area contributed by atoms with Crippen LogP contribution in [0.15, 0.2) is 47.5 Å². The molecule has 23 heavy (non-hydrogen) atoms. The van der Waals surface area contributed by atoms with Crippen LogP contribution < -0.4 is 10.1 Å². The molecule has 4 nitrogen and oxygen atoms in total. The van der Waals surface area contributed by atoms with Crippen molar-refractivity contribution >= 4 is 11.5 Å². The molecular weight excluding hydrogens is 286 g/mol. The van der Waals surface area contributed by atoms with Crippen molar-refractivity contribution in [3.63, 3.8) is 0 Å². The summed E-state index contributed by atoms with van der Waals surface area (Å²) in [5, 5.41) is 3.49. The number of para-hydroxylation sites is 1. The largest absolute Gasteiger partial charge is 0.454 e. The van der Waals surface area contributed by atoms with Crippen LogP contribution >= 0.6 is 0 Å². The van der Waals surface area contributed by atoms with Crippen molar-refractivity contribution in [2.75, 3.05) is 19.6 Å². The van der Waals surface area contributed by atoms with E-state index in [1.165, 1.54) is 5.56 Å². The van der Waals surface area contributed by atoms with Crippen molar-refractivity contribution in [1.82, 2.24) is 10.2 Å². The van der Waals surface area contributed by atoms with E-state index in [0.717, 1.165) is 48.2 Å². The second-order valence-electron chi connectivity index (χ2n) is 6.31. The van der Waals surface area contributed by atoms with Crippen LogP contribution in [0.4, 0.5) is 5.69 Å². The third kappa shape index (κ3) is 2.70. The van der Waals surface area contributed by atoms with E-state index in [9.17, 15) is 0 Å². The number of hydrogen-bond acceptors (Lipinski definition) is 4. The highest BCUT2D eigenvalue weighted by Gasteiger charge is 2.25. The average Bonchev–Trinajstić information content (AvgIpc) is 2.71. The molecule has 1 saturated heterocycles. The van der Waals surface area contributed by atoms with Gasteiger partial charge in [-0.05, 0) is 43.7 Å². The van der Waals surface area contributed by atoms with Crippen molar-refractivity contribution < 1.29 is 4.74 Å². The summed E-state index contributed by atoms with van der Waals surface area (Å²) in [7, 11) is 0. The Kier molecular flexibility index (Phi) is 3.54. The van der Waals surface area contributed by atoms with Crippen LogP contribution in [0.3, 0.4) is 0 Å². The van der Waals surface area contributed by atoms with Crippen molar-refractivity contribution in [3.8, 4) is 11.5 Å². The molecule has 1 atom stereocenters. The van der Waals surface area contributed by atoms with Gasteiger partial charge in [-0.3, -0.25) is 0 Å². The van der Waals surface area contributed by atoms with Gasteiger partial charge in [-0.1, -0.05) is 18.2 Å². The maximum atomic E-state index is 6.17. The zero-order valence-corrected chi connectivity index (χ0v) is 13.5. The van der Waals surface area contributed by atoms with Gasteiger partial charge in [0.2, 0.25) is 0 Å². The van der Waals surface area contributed by atoms with E-state index < -0.39 is 0 Å². The van der Waals surface area contributed by atoms with Crippen LogP contribution in [0, 0.1) is 6.92 Å². The van der Waals surface area contributed by atoms with Crippen LogP contribution in [0.1, 0.15) is 18.1 Å². The molecule has 0 aromatic heterocycles. The number of nitrogens with one attached hydrogen (secondary N) is 1. The molecule has 0 saturated carbocycles. The summed E-state index contributed by atoms with van der Waals surface area (Å²) in [6, 6.07) is 14.8. The molecule has 0 bridgehead atoms. The molecule has 4 heteroatoms. The fourth-order valence-electron chi connectivity index (χ4n) is 3.19. The monoisotopic (exact) mass is 307 g/mol. The van der Waals surface area contributed by atoms with Crippen molar-refractivity contribution in [1.29, 1.82) is 0 Å². The molecule has 118 valence electrons. The van der Waals surface area contributed by atoms with E-state index in [1.807, 2.05) is 24.3 Å². The van der Waals surface area contributed by atoms with Gasteiger partial charge < -0.3 is 15.0 Å². The van der Waals surface area contributed by atoms with Crippen LogP contribution in [0.2, 0.25) is 0 Å². The lowest BCUT2D eigenvalue weighted by Gasteiger charge is -2.34. The Balaban J connectivity index is 1.85. The molecule has 2 heterocycles. The van der Waals surface area contributed by atoms with E-state index in [-0.39, 0.29) is 0 Å². The molecule has 1 fully saturated rings. The predicted molar refractivity (Wildman–Crippen MR) is 92.9 cm³/mol. The molecule has 2 aromatic rings. The van der Waals surface area contributed by atoms with Crippen molar-refractivity contribution in [2.45, 2.75) is 19.9 Å². The lowest BCUT2D eigenvalue weighted by Crippen LogP contribution is -2.51. The van der Waals surface area contributed by atoms with Gasteiger partial charge >= 0.3 is 0 Å². The highest BCUT2D eigenvalue weighted by molar-refractivity contribution is 6.03. The fourth-order valence-corrected chi connectivity index (χ4v) is 3.19. The summed E-state index contributed by atoms with van der Waals surface area (Å²) < 4.78 is 6.17. The second kappa shape index (κ2) is 5.70. The van der Waals surface area contributed by atoms with E-state index in [0.29, 0.717) is 6.04 Å². The maximum Gasteiger partial charge on any atom is 0.153 e. The summed E-state index contributed by atoms with van der Waals surface area (Å²) in [4.78, 5) is 7.33. The topological polar surface area (TPSA) is 36.9 Å². The van der Waals surface area contributed by atoms with E-state index >= 15 is 0 Å². The van der Waals surface area contributed by atoms with Gasteiger partial charge in [-0.2, -0.15) is 0 Å². The van der Waals surface area contributed by atoms with Gasteiger partial charge in [0.1, 0.15) is 17.3 Å². The Bertz CT molecular complexity index is 769. The molecule has 2 aromatic carbocycles. The minimum Gasteiger partial charge on any atom is -0.454 e. The third-order valence-corrected chi connectivity index (χ3v) is 4.36. The Morgan fingerprint density at radius 2 is 2.04 bits per heavy atom. The van der Waals surface area contributed by atoms with E-state index in [4.69, 9.17) is 9.73 Å². The Morgan fingerprint density at radius 3 is 2.91 bits per heavy atom. The molecule has 1 unspecified atom stereocenters. The van der Waals surface area contributed by atoms with Crippen LogP contribution in [-0.2, 0) is 0 Å². The van der Waals surface area contributed by atoms with E-state index in [1.54, 1.807) is 0 Å². The number of aliphatic imine (C=N–C) groups is 1. The van der Waals surface area contributed by atoms with Crippen molar-refractivity contribution in [3.05, 3.63) is 53.6 Å². The maximum absolute atomic E-state index is 6.17. The molecule has 0 aliphatic carbocycles. The van der Waals surface area contributed by atoms with Gasteiger partial charge in [0.05, 0.1) is 5.56 Å². The minimum absolute atomic E-state index is 0.459. The minimum atomic E-state index is 0.459. The number of ether oxygens (including phenoxy) is 1. The lowest BCUT2D eigenvalue weighted by atomic mass is 10.1. The first kappa shape index (κ1) is 14.3. The first-order chi connectivity index (χ1) is 11.2. The lowest BCUT2D eigenvalue weighted by molar-refractivity contribution is 0.304. The number of amidine groups is 1. The van der Waals surface area contributed by atoms with Gasteiger partial charge in [0, 0.05) is 25.7 Å². The van der Waals surface area contributed by atoms with Crippen molar-refractivity contribution in [2.24, 2.45) is 4.99 Å². The first-order valence-corrected chi connectivity index (χ1v) is 8.15. The molecule has 0 spiro atoms. The highest BCUT2D eigenvalue weighted by Crippen LogP contribution is 2.38. The highest BCUT2D eigenvalue weighted by atomic mass is 16.5. The zero-order chi connectivity index (χ0) is 15.8. The second-order valence-corrected chi connectivity index (χ2v) is 6.31. The molecular formula is C19H21N3O. The van der Waals surface area contributed by atoms with E-state index in [2.05, 4.69) is 42.3 Å². The molecule has 4 rings (SSSR count). The van der Waals surface area contributed by atoms with Gasteiger partial charge in [-0.15, -0.1) is 0 Å². The number of hydrogen-bond donors (Lipinski definition) is 1. The van der Waals surface area contributed by atoms with Crippen LogP contribution in [0.25, 0.3) is 0 Å². The van der Waals surface area contributed by atoms with Crippen LogP contribution in [-0.4, -0.2) is 36.4 Å². The predicted octanol–water partition coefficient (Wildman–Crippen LogP) is 3.47. The third-order valence-electron chi connectivity index (χ3n) is 4.36. The van der Waals surface area contributed by atoms with Gasteiger partial charge in [-0.25, -0.2) is 4.99 Å². The molecule has 1 N–H and O–H groups in total. The fraction of sp³-hybridized carbons (Fsp3) is 0.316. The number of rotatable bonds is 0. The number of nitrogens with zero attached hydrogens (tertiary/aromatic N) is 2. The Labute approximate surface area is 136 Å². The smallest absolute Gasteiger partial charge is 0.153 e. The summed E-state index contributed by atoms with van der Waals surface area (Å²) in [5.41, 5.74) is 3.14. The molecule has 0 radical (unpaired) electrons. The summed E-state index contributed by atoms with van der Waals surface area (Å²) in [6.45, 7) is 7.17. The standard InChI is InChI=1S/C19H21N3O/c1-13-7-8-16-18(11-13)23-17-6-4-3-5-15(17)19(21-16)22-10-9-20-14(2)12-22/h3-8,11,14,20H,9-10,12H2,1-2H3. The number of aryl methyl sites for hydroxylation is 1. The Morgan fingerprint density at radius 1 is 1.17 bits per heavy atom. The summed E-state index contributed by atoms with van der Waals surface area (Å²) in [5.74, 6) is 2.72. The SMILES string of the molecule is Cc1ccc2c(c1)Oc1ccccc1C(N1CCNC(C)C1)=N2. The molecule has 0 amide bonds. The number of benzene rings is 2. The van der Waals surface area contributed by atoms with Gasteiger partial charge in [0.25, 0.3) is 0 Å². The summed E-state index contributed by atoms with van der Waals surface area (Å²) in [6.07, 6.45) is 0. The molecule has 2 aliphatic rings. The van der Waals surface area contributed by atoms with Crippen LogP contribution in [0.5, 0.6) is 11.5 Å². The number of piperazine rings is 1.